The number of nitrogens with zero attached hydrogens (tertiary/aromatic N) is 2. The van der Waals surface area contributed by atoms with E-state index in [4.69, 9.17) is 5.73 Å². The highest BCUT2D eigenvalue weighted by atomic mass is 19.1. The normalized spacial score (nSPS) is 10.5. The number of carbonyl (C=O) groups excluding carboxylic acids is 2. The quantitative estimate of drug-likeness (QED) is 0.763. The van der Waals surface area contributed by atoms with Crippen molar-refractivity contribution in [3.63, 3.8) is 0 Å². The molecule has 126 valence electrons. The summed E-state index contributed by atoms with van der Waals surface area (Å²) >= 11 is 0. The minimum Gasteiger partial charge on any atom is -0.364 e. The van der Waals surface area contributed by atoms with Crippen LogP contribution in [0.3, 0.4) is 0 Å². The van der Waals surface area contributed by atoms with Crippen molar-refractivity contribution in [2.45, 2.75) is 0 Å². The lowest BCUT2D eigenvalue weighted by molar-refractivity contribution is 0.0991. The summed E-state index contributed by atoms with van der Waals surface area (Å²) in [4.78, 5) is 23.4. The van der Waals surface area contributed by atoms with Crippen molar-refractivity contribution in [3.8, 4) is 5.69 Å². The van der Waals surface area contributed by atoms with Gasteiger partial charge in [-0.3, -0.25) is 9.59 Å². The molecule has 3 N–H and O–H groups in total. The molecule has 0 saturated heterocycles. The largest absolute Gasteiger partial charge is 0.364 e. The standard InChI is InChI=1S/C17H12F2N4O2/c18-10-4-3-5-11(19)15(10)17(25)21-12-6-1-2-7-14(12)23-9-8-13(22-23)16(20)24/h1-9H,(H2,20,24)(H,21,25). The Labute approximate surface area is 140 Å². The smallest absolute Gasteiger partial charge is 0.269 e. The van der Waals surface area contributed by atoms with Gasteiger partial charge in [-0.2, -0.15) is 5.10 Å². The second kappa shape index (κ2) is 6.52. The summed E-state index contributed by atoms with van der Waals surface area (Å²) in [7, 11) is 0. The van der Waals surface area contributed by atoms with Gasteiger partial charge >= 0.3 is 0 Å². The average molecular weight is 342 g/mol. The number of halogens is 2. The van der Waals surface area contributed by atoms with Crippen LogP contribution in [0.4, 0.5) is 14.5 Å². The van der Waals surface area contributed by atoms with Crippen LogP contribution in [0.2, 0.25) is 0 Å². The third-order valence-corrected chi connectivity index (χ3v) is 3.43. The Bertz CT molecular complexity index is 949. The molecule has 0 unspecified atom stereocenters. The fourth-order valence-corrected chi connectivity index (χ4v) is 2.27. The zero-order valence-corrected chi connectivity index (χ0v) is 12.7. The van der Waals surface area contributed by atoms with Crippen LogP contribution in [-0.4, -0.2) is 21.6 Å². The van der Waals surface area contributed by atoms with E-state index in [1.807, 2.05) is 0 Å². The first-order valence-corrected chi connectivity index (χ1v) is 7.17. The minimum absolute atomic E-state index is 0.0428. The lowest BCUT2D eigenvalue weighted by Gasteiger charge is -2.11. The van der Waals surface area contributed by atoms with Crippen LogP contribution in [0.1, 0.15) is 20.8 Å². The van der Waals surface area contributed by atoms with E-state index in [0.29, 0.717) is 5.69 Å². The van der Waals surface area contributed by atoms with Gasteiger partial charge in [-0.15, -0.1) is 0 Å². The molecule has 0 saturated carbocycles. The zero-order valence-electron chi connectivity index (χ0n) is 12.7. The van der Waals surface area contributed by atoms with Crippen LogP contribution in [0, 0.1) is 11.6 Å². The van der Waals surface area contributed by atoms with Gasteiger partial charge in [-0.25, -0.2) is 13.5 Å². The highest BCUT2D eigenvalue weighted by Crippen LogP contribution is 2.21. The molecular weight excluding hydrogens is 330 g/mol. The molecule has 2 aromatic carbocycles. The van der Waals surface area contributed by atoms with Gasteiger partial charge < -0.3 is 11.1 Å². The Morgan fingerprint density at radius 3 is 2.32 bits per heavy atom. The minimum atomic E-state index is -0.968. The first kappa shape index (κ1) is 16.3. The molecule has 1 heterocycles. The van der Waals surface area contributed by atoms with Crippen molar-refractivity contribution in [2.24, 2.45) is 5.73 Å². The van der Waals surface area contributed by atoms with Gasteiger partial charge in [0.15, 0.2) is 0 Å². The van der Waals surface area contributed by atoms with E-state index in [1.165, 1.54) is 29.1 Å². The van der Waals surface area contributed by atoms with Crippen molar-refractivity contribution in [1.82, 2.24) is 9.78 Å². The fraction of sp³-hybridized carbons (Fsp3) is 0. The molecule has 0 aliphatic rings. The van der Waals surface area contributed by atoms with Crippen molar-refractivity contribution in [3.05, 3.63) is 77.6 Å². The van der Waals surface area contributed by atoms with Gasteiger partial charge in [-0.1, -0.05) is 18.2 Å². The topological polar surface area (TPSA) is 90.0 Å². The maximum absolute atomic E-state index is 13.7. The number of primary amides is 1. The van der Waals surface area contributed by atoms with Crippen molar-refractivity contribution in [1.29, 1.82) is 0 Å². The van der Waals surface area contributed by atoms with Crippen LogP contribution in [-0.2, 0) is 0 Å². The van der Waals surface area contributed by atoms with Gasteiger partial charge in [0.05, 0.1) is 11.4 Å². The highest BCUT2D eigenvalue weighted by Gasteiger charge is 2.18. The van der Waals surface area contributed by atoms with E-state index in [9.17, 15) is 18.4 Å². The van der Waals surface area contributed by atoms with Crippen LogP contribution in [0.5, 0.6) is 0 Å². The number of nitrogens with one attached hydrogen (secondary N) is 1. The summed E-state index contributed by atoms with van der Waals surface area (Å²) in [5.74, 6) is -3.57. The number of hydrogen-bond acceptors (Lipinski definition) is 3. The molecule has 0 spiro atoms. The lowest BCUT2D eigenvalue weighted by Crippen LogP contribution is -2.17. The fourth-order valence-electron chi connectivity index (χ4n) is 2.27. The molecule has 1 aromatic heterocycles. The van der Waals surface area contributed by atoms with E-state index < -0.39 is 29.0 Å². The number of aromatic nitrogens is 2. The predicted molar refractivity (Wildman–Crippen MR) is 86.4 cm³/mol. The molecule has 0 aliphatic heterocycles. The molecule has 0 radical (unpaired) electrons. The molecule has 6 nitrogen and oxygen atoms in total. The Morgan fingerprint density at radius 1 is 1.00 bits per heavy atom. The molecule has 0 fully saturated rings. The van der Waals surface area contributed by atoms with Crippen LogP contribution >= 0.6 is 0 Å². The van der Waals surface area contributed by atoms with Gasteiger partial charge in [0, 0.05) is 6.20 Å². The summed E-state index contributed by atoms with van der Waals surface area (Å²) in [5, 5.41) is 6.45. The number of amides is 2. The van der Waals surface area contributed by atoms with Crippen molar-refractivity contribution < 1.29 is 18.4 Å². The molecule has 3 rings (SSSR count). The number of benzene rings is 2. The molecule has 0 aliphatic carbocycles. The van der Waals surface area contributed by atoms with E-state index in [2.05, 4.69) is 10.4 Å². The molecule has 25 heavy (non-hydrogen) atoms. The molecule has 3 aromatic rings. The molecular formula is C17H12F2N4O2. The Hall–Kier alpha value is -3.55. The number of para-hydroxylation sites is 2. The van der Waals surface area contributed by atoms with Crippen LogP contribution in [0.15, 0.2) is 54.7 Å². The summed E-state index contributed by atoms with van der Waals surface area (Å²) < 4.78 is 28.8. The number of rotatable bonds is 4. The first-order valence-electron chi connectivity index (χ1n) is 7.17. The number of anilines is 1. The second-order valence-corrected chi connectivity index (χ2v) is 5.08. The maximum Gasteiger partial charge on any atom is 0.269 e. The Balaban J connectivity index is 1.96. The Morgan fingerprint density at radius 2 is 1.68 bits per heavy atom. The molecule has 2 amide bonds. The third-order valence-electron chi connectivity index (χ3n) is 3.43. The van der Waals surface area contributed by atoms with Crippen LogP contribution < -0.4 is 11.1 Å². The maximum atomic E-state index is 13.7. The van der Waals surface area contributed by atoms with Gasteiger partial charge in [0.25, 0.3) is 11.8 Å². The highest BCUT2D eigenvalue weighted by molar-refractivity contribution is 6.05. The van der Waals surface area contributed by atoms with E-state index in [1.54, 1.807) is 18.2 Å². The molecule has 0 bridgehead atoms. The van der Waals surface area contributed by atoms with Gasteiger partial charge in [0.1, 0.15) is 22.9 Å². The third kappa shape index (κ3) is 3.23. The molecule has 8 heteroatoms. The molecule has 0 atom stereocenters. The number of nitrogens with two attached hydrogens (primary N) is 1. The first-order chi connectivity index (χ1) is 12.0. The zero-order chi connectivity index (χ0) is 18.0. The summed E-state index contributed by atoms with van der Waals surface area (Å²) in [6.07, 6.45) is 1.48. The number of hydrogen-bond donors (Lipinski definition) is 2. The SMILES string of the molecule is NC(=O)c1ccn(-c2ccccc2NC(=O)c2c(F)cccc2F)n1. The summed E-state index contributed by atoms with van der Waals surface area (Å²) in [6.45, 7) is 0. The average Bonchev–Trinajstić information content (AvgIpc) is 3.05. The summed E-state index contributed by atoms with van der Waals surface area (Å²) in [5.41, 5.74) is 5.19. The van der Waals surface area contributed by atoms with Crippen molar-refractivity contribution >= 4 is 17.5 Å². The Kier molecular flexibility index (Phi) is 4.25. The van der Waals surface area contributed by atoms with E-state index >= 15 is 0 Å². The monoisotopic (exact) mass is 342 g/mol. The number of carbonyl (C=O) groups is 2. The van der Waals surface area contributed by atoms with Gasteiger partial charge in [-0.05, 0) is 30.3 Å². The van der Waals surface area contributed by atoms with Gasteiger partial charge in [0.2, 0.25) is 0 Å². The van der Waals surface area contributed by atoms with Crippen molar-refractivity contribution in [2.75, 3.05) is 5.32 Å². The lowest BCUT2D eigenvalue weighted by atomic mass is 10.1. The summed E-state index contributed by atoms with van der Waals surface area (Å²) in [6, 6.07) is 11.0. The van der Waals surface area contributed by atoms with E-state index in [0.717, 1.165) is 12.1 Å². The second-order valence-electron chi connectivity index (χ2n) is 5.08. The van der Waals surface area contributed by atoms with Crippen LogP contribution in [0.25, 0.3) is 5.69 Å². The van der Waals surface area contributed by atoms with E-state index in [-0.39, 0.29) is 11.4 Å². The predicted octanol–water partition coefficient (Wildman–Crippen LogP) is 2.50.